The van der Waals surface area contributed by atoms with Gasteiger partial charge in [0.2, 0.25) is 0 Å². The molecular formula is C17H22N4O2S. The van der Waals surface area contributed by atoms with Crippen molar-refractivity contribution in [3.63, 3.8) is 0 Å². The van der Waals surface area contributed by atoms with Crippen LogP contribution in [0.4, 0.5) is 5.69 Å². The number of carbonyl (C=O) groups is 1. The molecule has 0 fully saturated rings. The number of nitrogens with zero attached hydrogens (tertiary/aromatic N) is 4. The van der Waals surface area contributed by atoms with E-state index in [1.54, 1.807) is 4.90 Å². The van der Waals surface area contributed by atoms with Gasteiger partial charge in [-0.15, -0.1) is 5.10 Å². The van der Waals surface area contributed by atoms with E-state index >= 15 is 0 Å². The number of fused-ring (bicyclic) bond motifs is 1. The van der Waals surface area contributed by atoms with Gasteiger partial charge in [-0.05, 0) is 37.0 Å². The van der Waals surface area contributed by atoms with Crippen molar-refractivity contribution in [2.45, 2.75) is 26.4 Å². The van der Waals surface area contributed by atoms with Crippen LogP contribution in [0, 0.1) is 0 Å². The summed E-state index contributed by atoms with van der Waals surface area (Å²) in [5.74, 6) is 0.845. The first-order valence-corrected chi connectivity index (χ1v) is 8.98. The quantitative estimate of drug-likeness (QED) is 0.832. The number of hydrogen-bond donors (Lipinski definition) is 0. The van der Waals surface area contributed by atoms with E-state index < -0.39 is 0 Å². The van der Waals surface area contributed by atoms with Gasteiger partial charge in [-0.2, -0.15) is 0 Å². The number of carbonyl (C=O) groups excluding carboxylic acids is 1. The highest BCUT2D eigenvalue weighted by molar-refractivity contribution is 7.07. The minimum Gasteiger partial charge on any atom is -0.485 e. The van der Waals surface area contributed by atoms with Gasteiger partial charge in [-0.3, -0.25) is 4.79 Å². The van der Waals surface area contributed by atoms with Gasteiger partial charge in [0.25, 0.3) is 5.91 Å². The number of hydrogen-bond acceptors (Lipinski definition) is 6. The smallest absolute Gasteiger partial charge is 0.267 e. The van der Waals surface area contributed by atoms with Crippen LogP contribution in [0.5, 0.6) is 5.75 Å². The van der Waals surface area contributed by atoms with Crippen LogP contribution in [0.3, 0.4) is 0 Å². The number of ether oxygens (including phenoxy) is 1. The first-order chi connectivity index (χ1) is 11.6. The first-order valence-electron chi connectivity index (χ1n) is 8.21. The van der Waals surface area contributed by atoms with Gasteiger partial charge < -0.3 is 14.5 Å². The molecule has 1 aliphatic heterocycles. The molecule has 1 aliphatic rings. The number of para-hydroxylation sites is 2. The molecule has 2 aromatic rings. The van der Waals surface area contributed by atoms with Crippen molar-refractivity contribution in [1.82, 2.24) is 14.5 Å². The Morgan fingerprint density at radius 3 is 2.96 bits per heavy atom. The fourth-order valence-electron chi connectivity index (χ4n) is 2.94. The van der Waals surface area contributed by atoms with Crippen molar-refractivity contribution in [3.8, 4) is 5.75 Å². The molecule has 0 N–H and O–H groups in total. The van der Waals surface area contributed by atoms with E-state index in [4.69, 9.17) is 4.74 Å². The Bertz CT molecular complexity index is 718. The van der Waals surface area contributed by atoms with E-state index in [-0.39, 0.29) is 12.0 Å². The minimum atomic E-state index is -0.0558. The Labute approximate surface area is 146 Å². The Morgan fingerprint density at radius 1 is 1.42 bits per heavy atom. The molecule has 0 spiro atoms. The number of aryl methyl sites for hydroxylation is 1. The summed E-state index contributed by atoms with van der Waals surface area (Å²) in [6, 6.07) is 8.04. The number of benzene rings is 1. The standard InChI is InChI=1S/C17H22N4O2S/c1-4-13-16(24-19-18-13)17(22)20(3)10-12-11-21(5-2)14-8-6-7-9-15(14)23-12/h6-9,12H,4-5,10-11H2,1-3H3/t12-/m1/s1. The number of likely N-dealkylation sites (N-methyl/N-ethyl adjacent to an activating group) is 2. The highest BCUT2D eigenvalue weighted by Crippen LogP contribution is 2.33. The lowest BCUT2D eigenvalue weighted by molar-refractivity contribution is 0.0713. The minimum absolute atomic E-state index is 0.0349. The van der Waals surface area contributed by atoms with Gasteiger partial charge in [0.05, 0.1) is 24.5 Å². The van der Waals surface area contributed by atoms with Gasteiger partial charge >= 0.3 is 0 Å². The van der Waals surface area contributed by atoms with Gasteiger partial charge in [0.1, 0.15) is 16.7 Å². The molecule has 0 radical (unpaired) electrons. The maximum atomic E-state index is 12.6. The Morgan fingerprint density at radius 2 is 2.21 bits per heavy atom. The van der Waals surface area contributed by atoms with Gasteiger partial charge in [-0.25, -0.2) is 0 Å². The lowest BCUT2D eigenvalue weighted by atomic mass is 10.1. The van der Waals surface area contributed by atoms with E-state index in [1.165, 1.54) is 0 Å². The van der Waals surface area contributed by atoms with Crippen LogP contribution in [-0.2, 0) is 6.42 Å². The SMILES string of the molecule is CCc1nnsc1C(=O)N(C)C[C@@H]1CN(CC)c2ccccc2O1. The maximum Gasteiger partial charge on any atom is 0.267 e. The van der Waals surface area contributed by atoms with Crippen molar-refractivity contribution < 1.29 is 9.53 Å². The van der Waals surface area contributed by atoms with Crippen molar-refractivity contribution >= 4 is 23.1 Å². The molecule has 0 bridgehead atoms. The summed E-state index contributed by atoms with van der Waals surface area (Å²) in [6.07, 6.45) is 0.655. The molecule has 6 nitrogen and oxygen atoms in total. The molecule has 1 amide bonds. The van der Waals surface area contributed by atoms with Crippen LogP contribution in [0.15, 0.2) is 24.3 Å². The summed E-state index contributed by atoms with van der Waals surface area (Å²) in [5, 5.41) is 4.02. The topological polar surface area (TPSA) is 58.6 Å². The molecular weight excluding hydrogens is 324 g/mol. The summed E-state index contributed by atoms with van der Waals surface area (Å²) in [5.41, 5.74) is 1.88. The summed E-state index contributed by atoms with van der Waals surface area (Å²) >= 11 is 1.16. The van der Waals surface area contributed by atoms with Gasteiger partial charge in [0, 0.05) is 13.6 Å². The third-order valence-corrected chi connectivity index (χ3v) is 4.97. The third kappa shape index (κ3) is 3.21. The average Bonchev–Trinajstić information content (AvgIpc) is 3.08. The number of rotatable bonds is 5. The normalized spacial score (nSPS) is 16.5. The zero-order valence-electron chi connectivity index (χ0n) is 14.2. The second-order valence-electron chi connectivity index (χ2n) is 5.83. The summed E-state index contributed by atoms with van der Waals surface area (Å²) < 4.78 is 10.00. The summed E-state index contributed by atoms with van der Waals surface area (Å²) in [7, 11) is 1.81. The first kappa shape index (κ1) is 16.7. The highest BCUT2D eigenvalue weighted by Gasteiger charge is 2.28. The summed E-state index contributed by atoms with van der Waals surface area (Å²) in [6.45, 7) is 6.32. The predicted molar refractivity (Wildman–Crippen MR) is 95.0 cm³/mol. The average molecular weight is 346 g/mol. The highest BCUT2D eigenvalue weighted by atomic mass is 32.1. The maximum absolute atomic E-state index is 12.6. The molecule has 24 heavy (non-hydrogen) atoms. The fourth-order valence-corrected chi connectivity index (χ4v) is 3.68. The van der Waals surface area contributed by atoms with Crippen LogP contribution in [0.1, 0.15) is 29.2 Å². The van der Waals surface area contributed by atoms with Crippen molar-refractivity contribution in [2.24, 2.45) is 0 Å². The predicted octanol–water partition coefficient (Wildman–Crippen LogP) is 2.46. The molecule has 0 saturated carbocycles. The van der Waals surface area contributed by atoms with Crippen molar-refractivity contribution in [3.05, 3.63) is 34.8 Å². The van der Waals surface area contributed by atoms with Gasteiger partial charge in [-0.1, -0.05) is 23.5 Å². The van der Waals surface area contributed by atoms with Crippen LogP contribution in [0.25, 0.3) is 0 Å². The molecule has 128 valence electrons. The van der Waals surface area contributed by atoms with Crippen LogP contribution >= 0.6 is 11.5 Å². The molecule has 2 heterocycles. The van der Waals surface area contributed by atoms with E-state index in [2.05, 4.69) is 27.5 Å². The zero-order chi connectivity index (χ0) is 17.1. The Hall–Kier alpha value is -2.15. The number of anilines is 1. The van der Waals surface area contributed by atoms with E-state index in [0.717, 1.165) is 41.8 Å². The number of amides is 1. The van der Waals surface area contributed by atoms with Crippen molar-refractivity contribution in [2.75, 3.05) is 31.6 Å². The second kappa shape index (κ2) is 7.17. The van der Waals surface area contributed by atoms with E-state index in [9.17, 15) is 4.79 Å². The van der Waals surface area contributed by atoms with Crippen molar-refractivity contribution in [1.29, 1.82) is 0 Å². The zero-order valence-corrected chi connectivity index (χ0v) is 15.0. The van der Waals surface area contributed by atoms with E-state index in [0.29, 0.717) is 17.8 Å². The monoisotopic (exact) mass is 346 g/mol. The van der Waals surface area contributed by atoms with Crippen LogP contribution in [-0.4, -0.2) is 53.2 Å². The Kier molecular flexibility index (Phi) is 4.99. The molecule has 7 heteroatoms. The molecule has 1 aromatic heterocycles. The fraction of sp³-hybridized carbons (Fsp3) is 0.471. The lowest BCUT2D eigenvalue weighted by Crippen LogP contribution is -2.46. The van der Waals surface area contributed by atoms with Crippen LogP contribution < -0.4 is 9.64 Å². The number of aromatic nitrogens is 2. The third-order valence-electron chi connectivity index (χ3n) is 4.21. The van der Waals surface area contributed by atoms with Gasteiger partial charge in [0.15, 0.2) is 0 Å². The largest absolute Gasteiger partial charge is 0.485 e. The molecule has 1 aromatic carbocycles. The molecule has 3 rings (SSSR count). The second-order valence-corrected chi connectivity index (χ2v) is 6.59. The Balaban J connectivity index is 1.71. The summed E-state index contributed by atoms with van der Waals surface area (Å²) in [4.78, 5) is 17.3. The molecule has 0 unspecified atom stereocenters. The molecule has 0 saturated heterocycles. The molecule has 0 aliphatic carbocycles. The van der Waals surface area contributed by atoms with E-state index in [1.807, 2.05) is 32.2 Å². The lowest BCUT2D eigenvalue weighted by Gasteiger charge is -2.37. The van der Waals surface area contributed by atoms with Crippen LogP contribution in [0.2, 0.25) is 0 Å². The molecule has 1 atom stereocenters.